The quantitative estimate of drug-likeness (QED) is 0.434. The van der Waals surface area contributed by atoms with Gasteiger partial charge in [-0.25, -0.2) is 0 Å². The third kappa shape index (κ3) is 6.07. The van der Waals surface area contributed by atoms with Crippen molar-refractivity contribution in [3.63, 3.8) is 0 Å². The van der Waals surface area contributed by atoms with Crippen LogP contribution in [-0.4, -0.2) is 51.9 Å². The van der Waals surface area contributed by atoms with Gasteiger partial charge in [-0.15, -0.1) is 0 Å². The Bertz CT molecular complexity index is 1090. The molecule has 2 amide bonds. The minimum Gasteiger partial charge on any atom is -0.496 e. The first-order valence-corrected chi connectivity index (χ1v) is 11.7. The third-order valence-electron chi connectivity index (χ3n) is 5.92. The summed E-state index contributed by atoms with van der Waals surface area (Å²) in [4.78, 5) is 30.3. The Labute approximate surface area is 202 Å². The van der Waals surface area contributed by atoms with Crippen molar-refractivity contribution in [2.45, 2.75) is 52.9 Å². The standard InChI is InChI=1S/C28H35N3O3/c1-21(2)30(19-24-14-11-17-29(24)18-23-12-7-6-8-13-23)27(32)20-31(22(3)4)28(33)25-15-9-10-16-26(25)34-5/h6-17,21-22H,18-20H2,1-5H3. The predicted molar refractivity (Wildman–Crippen MR) is 135 cm³/mol. The van der Waals surface area contributed by atoms with Gasteiger partial charge in [0, 0.05) is 30.5 Å². The molecule has 6 heteroatoms. The summed E-state index contributed by atoms with van der Waals surface area (Å²) in [5.74, 6) is 0.210. The highest BCUT2D eigenvalue weighted by Crippen LogP contribution is 2.21. The molecule has 0 atom stereocenters. The number of aromatic nitrogens is 1. The maximum absolute atomic E-state index is 13.5. The van der Waals surface area contributed by atoms with Gasteiger partial charge in [0.05, 0.1) is 19.2 Å². The van der Waals surface area contributed by atoms with E-state index in [1.165, 1.54) is 5.56 Å². The van der Waals surface area contributed by atoms with Crippen molar-refractivity contribution < 1.29 is 14.3 Å². The van der Waals surface area contributed by atoms with Gasteiger partial charge in [0.25, 0.3) is 5.91 Å². The molecule has 0 bridgehead atoms. The number of hydrogen-bond donors (Lipinski definition) is 0. The van der Waals surface area contributed by atoms with E-state index < -0.39 is 0 Å². The van der Waals surface area contributed by atoms with Crippen molar-refractivity contribution in [2.75, 3.05) is 13.7 Å². The normalized spacial score (nSPS) is 11.0. The summed E-state index contributed by atoms with van der Waals surface area (Å²) in [7, 11) is 1.54. The molecule has 3 aromatic rings. The molecule has 0 radical (unpaired) electrons. The van der Waals surface area contributed by atoms with Crippen molar-refractivity contribution in [1.29, 1.82) is 0 Å². The molecule has 180 valence electrons. The van der Waals surface area contributed by atoms with E-state index in [0.717, 1.165) is 12.2 Å². The number of benzene rings is 2. The van der Waals surface area contributed by atoms with E-state index in [1.54, 1.807) is 30.2 Å². The lowest BCUT2D eigenvalue weighted by atomic mass is 10.1. The number of para-hydroxylation sites is 1. The second-order valence-electron chi connectivity index (χ2n) is 8.96. The topological polar surface area (TPSA) is 54.8 Å². The highest BCUT2D eigenvalue weighted by atomic mass is 16.5. The molecule has 0 aliphatic rings. The van der Waals surface area contributed by atoms with E-state index in [1.807, 2.05) is 75.2 Å². The first-order valence-electron chi connectivity index (χ1n) is 11.7. The van der Waals surface area contributed by atoms with E-state index in [4.69, 9.17) is 4.74 Å². The van der Waals surface area contributed by atoms with Crippen LogP contribution >= 0.6 is 0 Å². The Hall–Kier alpha value is -3.54. The molecule has 6 nitrogen and oxygen atoms in total. The summed E-state index contributed by atoms with van der Waals surface area (Å²) in [5, 5.41) is 0. The molecule has 1 heterocycles. The molecule has 0 N–H and O–H groups in total. The lowest BCUT2D eigenvalue weighted by Gasteiger charge is -2.32. The molecule has 3 rings (SSSR count). The summed E-state index contributed by atoms with van der Waals surface area (Å²) in [6.45, 7) is 9.08. The summed E-state index contributed by atoms with van der Waals surface area (Å²) < 4.78 is 7.54. The van der Waals surface area contributed by atoms with Gasteiger partial charge in [-0.05, 0) is 57.5 Å². The zero-order chi connectivity index (χ0) is 24.7. The van der Waals surface area contributed by atoms with Gasteiger partial charge >= 0.3 is 0 Å². The maximum Gasteiger partial charge on any atom is 0.258 e. The van der Waals surface area contributed by atoms with E-state index >= 15 is 0 Å². The van der Waals surface area contributed by atoms with Gasteiger partial charge in [-0.2, -0.15) is 0 Å². The Morgan fingerprint density at radius 1 is 0.853 bits per heavy atom. The number of nitrogens with zero attached hydrogens (tertiary/aromatic N) is 3. The second-order valence-corrected chi connectivity index (χ2v) is 8.96. The van der Waals surface area contributed by atoms with Gasteiger partial charge in [-0.3, -0.25) is 9.59 Å². The molecular weight excluding hydrogens is 426 g/mol. The number of carbonyl (C=O) groups is 2. The first-order chi connectivity index (χ1) is 16.3. The van der Waals surface area contributed by atoms with Crippen molar-refractivity contribution in [3.8, 4) is 5.75 Å². The smallest absolute Gasteiger partial charge is 0.258 e. The monoisotopic (exact) mass is 461 g/mol. The molecule has 0 spiro atoms. The van der Waals surface area contributed by atoms with Gasteiger partial charge < -0.3 is 19.1 Å². The Morgan fingerprint density at radius 3 is 2.15 bits per heavy atom. The fourth-order valence-electron chi connectivity index (χ4n) is 3.96. The van der Waals surface area contributed by atoms with Crippen LogP contribution in [0.25, 0.3) is 0 Å². The fourth-order valence-corrected chi connectivity index (χ4v) is 3.96. The number of carbonyl (C=O) groups excluding carboxylic acids is 2. The molecule has 34 heavy (non-hydrogen) atoms. The van der Waals surface area contributed by atoms with E-state index in [-0.39, 0.29) is 30.4 Å². The molecular formula is C28H35N3O3. The van der Waals surface area contributed by atoms with Crippen LogP contribution in [-0.2, 0) is 17.9 Å². The summed E-state index contributed by atoms with van der Waals surface area (Å²) in [6.07, 6.45) is 2.04. The minimum atomic E-state index is -0.211. The van der Waals surface area contributed by atoms with Crippen LogP contribution in [0.4, 0.5) is 0 Å². The highest BCUT2D eigenvalue weighted by molar-refractivity contribution is 5.99. The van der Waals surface area contributed by atoms with Gasteiger partial charge in [0.1, 0.15) is 12.3 Å². The summed E-state index contributed by atoms with van der Waals surface area (Å²) in [6, 6.07) is 21.3. The number of ether oxygens (including phenoxy) is 1. The molecule has 0 aliphatic heterocycles. The largest absolute Gasteiger partial charge is 0.496 e. The molecule has 1 aromatic heterocycles. The molecule has 0 aliphatic carbocycles. The van der Waals surface area contributed by atoms with Crippen molar-refractivity contribution in [3.05, 3.63) is 89.7 Å². The third-order valence-corrected chi connectivity index (χ3v) is 5.92. The maximum atomic E-state index is 13.5. The van der Waals surface area contributed by atoms with Crippen molar-refractivity contribution in [1.82, 2.24) is 14.4 Å². The highest BCUT2D eigenvalue weighted by Gasteiger charge is 2.27. The van der Waals surface area contributed by atoms with Crippen LogP contribution in [0.3, 0.4) is 0 Å². The Balaban J connectivity index is 1.78. The summed E-state index contributed by atoms with van der Waals surface area (Å²) >= 11 is 0. The van der Waals surface area contributed by atoms with Crippen LogP contribution in [0, 0.1) is 0 Å². The Kier molecular flexibility index (Phi) is 8.52. The lowest BCUT2D eigenvalue weighted by molar-refractivity contribution is -0.134. The second kappa shape index (κ2) is 11.5. The van der Waals surface area contributed by atoms with E-state index in [0.29, 0.717) is 17.9 Å². The van der Waals surface area contributed by atoms with Gasteiger partial charge in [-0.1, -0.05) is 42.5 Å². The van der Waals surface area contributed by atoms with Gasteiger partial charge in [0.2, 0.25) is 5.91 Å². The van der Waals surface area contributed by atoms with Crippen LogP contribution in [0.2, 0.25) is 0 Å². The molecule has 0 fully saturated rings. The Morgan fingerprint density at radius 2 is 1.50 bits per heavy atom. The average Bonchev–Trinajstić information content (AvgIpc) is 3.27. The molecule has 0 saturated heterocycles. The molecule has 0 saturated carbocycles. The average molecular weight is 462 g/mol. The van der Waals surface area contributed by atoms with Crippen molar-refractivity contribution in [2.24, 2.45) is 0 Å². The van der Waals surface area contributed by atoms with Crippen LogP contribution in [0.1, 0.15) is 49.3 Å². The van der Waals surface area contributed by atoms with E-state index in [9.17, 15) is 9.59 Å². The lowest BCUT2D eigenvalue weighted by Crippen LogP contribution is -2.47. The minimum absolute atomic E-state index is 0.00607. The van der Waals surface area contributed by atoms with Gasteiger partial charge in [0.15, 0.2) is 0 Å². The molecule has 0 unspecified atom stereocenters. The summed E-state index contributed by atoms with van der Waals surface area (Å²) in [5.41, 5.74) is 2.72. The van der Waals surface area contributed by atoms with E-state index in [2.05, 4.69) is 16.7 Å². The molecule has 2 aromatic carbocycles. The van der Waals surface area contributed by atoms with Crippen LogP contribution in [0.5, 0.6) is 5.75 Å². The number of methoxy groups -OCH3 is 1. The number of rotatable bonds is 10. The SMILES string of the molecule is COc1ccccc1C(=O)N(CC(=O)N(Cc1cccn1Cc1ccccc1)C(C)C)C(C)C. The first kappa shape index (κ1) is 25.1. The number of hydrogen-bond acceptors (Lipinski definition) is 3. The zero-order valence-electron chi connectivity index (χ0n) is 20.8. The van der Waals surface area contributed by atoms with Crippen LogP contribution < -0.4 is 4.74 Å². The number of amides is 2. The van der Waals surface area contributed by atoms with Crippen molar-refractivity contribution >= 4 is 11.8 Å². The predicted octanol–water partition coefficient (Wildman–Crippen LogP) is 4.83. The zero-order valence-corrected chi connectivity index (χ0v) is 20.8. The van der Waals surface area contributed by atoms with Crippen LogP contribution in [0.15, 0.2) is 72.9 Å². The fraction of sp³-hybridized carbons (Fsp3) is 0.357.